The molecule has 0 aliphatic carbocycles. The minimum absolute atomic E-state index is 0.876. The van der Waals surface area contributed by atoms with E-state index < -0.39 is 0 Å². The molecule has 0 unspecified atom stereocenters. The molecule has 4 aromatic carbocycles. The Morgan fingerprint density at radius 2 is 0.724 bits per heavy atom. The number of nitrogens with zero attached hydrogens (tertiary/aromatic N) is 4. The maximum atomic E-state index is 2.36. The number of hydrogen-bond acceptors (Lipinski definition) is 0. The number of benzene rings is 4. The van der Waals surface area contributed by atoms with E-state index in [1.165, 1.54) is 107 Å². The molecule has 4 heteroatoms. The molecular weight excluding hydrogens is 705 g/mol. The van der Waals surface area contributed by atoms with Crippen LogP contribution in [0.1, 0.15) is 84.7 Å². The average Bonchev–Trinajstić information content (AvgIpc) is 3.81. The van der Waals surface area contributed by atoms with Gasteiger partial charge < -0.3 is 9.13 Å². The number of aryl methyl sites for hydroxylation is 2. The molecule has 4 heterocycles. The first-order chi connectivity index (χ1) is 28.7. The van der Waals surface area contributed by atoms with E-state index in [2.05, 4.69) is 213 Å². The first kappa shape index (κ1) is 38.6. The van der Waals surface area contributed by atoms with E-state index in [-0.39, 0.29) is 0 Å². The highest BCUT2D eigenvalue weighted by Gasteiger charge is 2.09. The van der Waals surface area contributed by atoms with Crippen molar-refractivity contribution < 1.29 is 9.13 Å². The van der Waals surface area contributed by atoms with Gasteiger partial charge in [0.1, 0.15) is 13.1 Å². The van der Waals surface area contributed by atoms with Crippen molar-refractivity contribution in [1.29, 1.82) is 0 Å². The summed E-state index contributed by atoms with van der Waals surface area (Å²) < 4.78 is 9.38. The largest absolute Gasteiger partial charge is 0.342 e. The van der Waals surface area contributed by atoms with E-state index in [4.69, 9.17) is 0 Å². The number of hydrogen-bond donors (Lipinski definition) is 0. The van der Waals surface area contributed by atoms with Crippen molar-refractivity contribution in [3.63, 3.8) is 0 Å². The van der Waals surface area contributed by atoms with Crippen LogP contribution in [0.2, 0.25) is 0 Å². The van der Waals surface area contributed by atoms with Crippen LogP contribution in [0.4, 0.5) is 0 Å². The number of fused-ring (bicyclic) bond motifs is 2. The van der Waals surface area contributed by atoms with Crippen molar-refractivity contribution in [2.24, 2.45) is 0 Å². The van der Waals surface area contributed by atoms with E-state index in [1.807, 2.05) is 0 Å². The molecule has 8 rings (SSSR count). The first-order valence-electron chi connectivity index (χ1n) is 21.3. The van der Waals surface area contributed by atoms with E-state index in [1.54, 1.807) is 0 Å². The molecule has 0 amide bonds. The van der Waals surface area contributed by atoms with Gasteiger partial charge in [0.2, 0.25) is 0 Å². The number of para-hydroxylation sites is 2. The predicted octanol–water partition coefficient (Wildman–Crippen LogP) is 12.4. The second-order valence-corrected chi connectivity index (χ2v) is 15.7. The number of rotatable bonds is 19. The van der Waals surface area contributed by atoms with Gasteiger partial charge in [-0.25, -0.2) is 9.13 Å². The summed E-state index contributed by atoms with van der Waals surface area (Å²) in [5, 5.41) is 2.59. The topological polar surface area (TPSA) is 17.6 Å². The molecule has 8 aromatic rings. The van der Waals surface area contributed by atoms with Crippen molar-refractivity contribution in [2.75, 3.05) is 0 Å². The molecule has 0 spiro atoms. The smallest absolute Gasteiger partial charge is 0.169 e. The molecule has 0 saturated carbocycles. The van der Waals surface area contributed by atoms with Crippen LogP contribution in [0.25, 0.3) is 46.1 Å². The summed E-state index contributed by atoms with van der Waals surface area (Å²) in [7, 11) is 0. The summed E-state index contributed by atoms with van der Waals surface area (Å²) in [5.41, 5.74) is 10.2. The van der Waals surface area contributed by atoms with Gasteiger partial charge in [-0.3, -0.25) is 0 Å². The lowest BCUT2D eigenvalue weighted by Crippen LogP contribution is -2.32. The molecule has 0 N–H and O–H groups in total. The molecule has 0 aliphatic rings. The number of aromatic nitrogens is 4. The van der Waals surface area contributed by atoms with Gasteiger partial charge in [0.15, 0.2) is 24.8 Å². The molecule has 0 radical (unpaired) electrons. The molecule has 58 heavy (non-hydrogen) atoms. The van der Waals surface area contributed by atoms with Gasteiger partial charge in [0.05, 0.1) is 0 Å². The van der Waals surface area contributed by atoms with Crippen LogP contribution in [-0.2, 0) is 26.2 Å². The molecule has 0 aliphatic heterocycles. The maximum Gasteiger partial charge on any atom is 0.169 e. The fraction of sp³-hybridized carbons (Fsp3) is 0.222. The van der Waals surface area contributed by atoms with Crippen molar-refractivity contribution >= 4 is 46.1 Å². The minimum atomic E-state index is 0.876. The zero-order valence-corrected chi connectivity index (χ0v) is 33.7. The van der Waals surface area contributed by atoms with Crippen molar-refractivity contribution in [1.82, 2.24) is 9.13 Å². The van der Waals surface area contributed by atoms with Crippen LogP contribution in [0, 0.1) is 0 Å². The highest BCUT2D eigenvalue weighted by Crippen LogP contribution is 2.26. The van der Waals surface area contributed by atoms with Crippen LogP contribution >= 0.6 is 0 Å². The number of unbranched alkanes of at least 4 members (excludes halogenated alkanes) is 7. The van der Waals surface area contributed by atoms with E-state index in [9.17, 15) is 0 Å². The molecule has 0 bridgehead atoms. The Kier molecular flexibility index (Phi) is 13.1. The SMILES string of the molecule is C(=C\c1cn(Cc2ccccc2)c2ccccc12)/c1cc[n+](CCCCCCCCCC[n+]2ccc(/C=C/c3cn(Cc4ccccc4)c4ccccc34)cc2)cc1. The summed E-state index contributed by atoms with van der Waals surface area (Å²) in [6.07, 6.45) is 32.9. The summed E-state index contributed by atoms with van der Waals surface area (Å²) in [4.78, 5) is 0. The Morgan fingerprint density at radius 1 is 0.362 bits per heavy atom. The summed E-state index contributed by atoms with van der Waals surface area (Å²) >= 11 is 0. The lowest BCUT2D eigenvalue weighted by molar-refractivity contribution is -0.697. The van der Waals surface area contributed by atoms with Crippen molar-refractivity contribution in [3.8, 4) is 0 Å². The summed E-state index contributed by atoms with van der Waals surface area (Å²) in [5.74, 6) is 0. The zero-order valence-electron chi connectivity index (χ0n) is 33.7. The second-order valence-electron chi connectivity index (χ2n) is 15.7. The lowest BCUT2D eigenvalue weighted by Gasteiger charge is -2.05. The Bertz CT molecular complexity index is 2360. The normalized spacial score (nSPS) is 11.8. The fourth-order valence-electron chi connectivity index (χ4n) is 8.12. The van der Waals surface area contributed by atoms with Gasteiger partial charge in [0.25, 0.3) is 0 Å². The molecule has 0 atom stereocenters. The average molecular weight is 761 g/mol. The van der Waals surface area contributed by atoms with Gasteiger partial charge in [-0.05, 0) is 47.2 Å². The molecule has 0 saturated heterocycles. The van der Waals surface area contributed by atoms with E-state index in [0.717, 1.165) is 26.2 Å². The Labute approximate surface area is 344 Å². The summed E-state index contributed by atoms with van der Waals surface area (Å²) in [6.45, 7) is 3.92. The Balaban J connectivity index is 0.705. The quantitative estimate of drug-likeness (QED) is 0.0577. The molecule has 0 fully saturated rings. The van der Waals surface area contributed by atoms with E-state index in [0.29, 0.717) is 0 Å². The van der Waals surface area contributed by atoms with Gasteiger partial charge in [-0.1, -0.05) is 147 Å². The van der Waals surface area contributed by atoms with Crippen molar-refractivity contribution in [2.45, 2.75) is 77.5 Å². The van der Waals surface area contributed by atoms with Crippen LogP contribution in [0.3, 0.4) is 0 Å². The summed E-state index contributed by atoms with van der Waals surface area (Å²) in [6, 6.07) is 47.7. The first-order valence-corrected chi connectivity index (χ1v) is 21.3. The fourth-order valence-corrected chi connectivity index (χ4v) is 8.12. The van der Waals surface area contributed by atoms with Gasteiger partial charge >= 0.3 is 0 Å². The lowest BCUT2D eigenvalue weighted by atomic mass is 10.1. The van der Waals surface area contributed by atoms with Gasteiger partial charge in [0, 0.05) is 95.5 Å². The third-order valence-corrected chi connectivity index (χ3v) is 11.4. The third-order valence-electron chi connectivity index (χ3n) is 11.4. The predicted molar refractivity (Wildman–Crippen MR) is 243 cm³/mol. The molecule has 4 aromatic heterocycles. The Morgan fingerprint density at radius 3 is 1.14 bits per heavy atom. The van der Waals surface area contributed by atoms with Crippen LogP contribution in [0.5, 0.6) is 0 Å². The highest BCUT2D eigenvalue weighted by atomic mass is 15.0. The number of pyridine rings is 2. The van der Waals surface area contributed by atoms with Crippen LogP contribution < -0.4 is 9.13 Å². The molecular formula is C54H56N4+2. The standard InChI is InChI=1S/C54H56N4/c1(3-5-17-35-55-37-31-45(32-38-55)27-29-49-43-57(41-47-19-9-7-10-20-47)53-25-15-13-23-51(49)53)2-4-6-18-36-56-39-33-46(34-40-56)28-30-50-44-58(42-48-21-11-8-12-22-48)54-26-16-14-24-52(50)54/h7-16,19-34,37-40,43-44H,1-6,17-18,35-36,41-42H2/q+2. The molecule has 4 nitrogen and oxygen atoms in total. The zero-order chi connectivity index (χ0) is 39.2. The molecule has 290 valence electrons. The van der Waals surface area contributed by atoms with E-state index >= 15 is 0 Å². The van der Waals surface area contributed by atoms with Crippen LogP contribution in [0.15, 0.2) is 171 Å². The minimum Gasteiger partial charge on any atom is -0.342 e. The van der Waals surface area contributed by atoms with Gasteiger partial charge in [-0.2, -0.15) is 0 Å². The van der Waals surface area contributed by atoms with Crippen LogP contribution in [-0.4, -0.2) is 9.13 Å². The maximum absolute atomic E-state index is 2.36. The monoisotopic (exact) mass is 760 g/mol. The second kappa shape index (κ2) is 19.7. The van der Waals surface area contributed by atoms with Crippen molar-refractivity contribution in [3.05, 3.63) is 204 Å². The Hall–Kier alpha value is -6.26. The highest BCUT2D eigenvalue weighted by molar-refractivity contribution is 5.93. The van der Waals surface area contributed by atoms with Gasteiger partial charge in [-0.15, -0.1) is 0 Å². The third kappa shape index (κ3) is 10.4.